The molecule has 0 saturated heterocycles. The van der Waals surface area contributed by atoms with Crippen molar-refractivity contribution in [1.29, 1.82) is 0 Å². The van der Waals surface area contributed by atoms with Gasteiger partial charge in [0.2, 0.25) is 0 Å². The number of rotatable bonds is 2. The third-order valence-corrected chi connectivity index (χ3v) is 5.96. The Balaban J connectivity index is 1.94. The molecule has 8 heteroatoms. The van der Waals surface area contributed by atoms with Gasteiger partial charge in [0.15, 0.2) is 0 Å². The van der Waals surface area contributed by atoms with Gasteiger partial charge in [0.1, 0.15) is 10.6 Å². The molecule has 6 nitrogen and oxygen atoms in total. The van der Waals surface area contributed by atoms with E-state index in [0.717, 1.165) is 22.9 Å². The summed E-state index contributed by atoms with van der Waals surface area (Å²) in [7, 11) is 0. The summed E-state index contributed by atoms with van der Waals surface area (Å²) in [5, 5.41) is 13.4. The number of nitrogens with two attached hydrogens (primary N) is 1. The number of hydrogen-bond donors (Lipinski definition) is 4. The number of carbonyl (C=O) groups excluding carboxylic acids is 1. The van der Waals surface area contributed by atoms with Crippen molar-refractivity contribution in [2.24, 2.45) is 0 Å². The minimum absolute atomic E-state index is 0.0643. The Morgan fingerprint density at radius 3 is 2.90 bits per heavy atom. The van der Waals surface area contributed by atoms with Crippen LogP contribution in [0.4, 0.5) is 5.69 Å². The van der Waals surface area contributed by atoms with Gasteiger partial charge in [0.25, 0.3) is 11.5 Å². The molecule has 0 bridgehead atoms. The quantitative estimate of drug-likeness (QED) is 0.579. The van der Waals surface area contributed by atoms with Crippen molar-refractivity contribution in [3.05, 3.63) is 21.3 Å². The SMILES string of the molecule is Nc1c(C(=O)NC2CC2)sc2sc3c(O)cc(=O)[nH]c3c12. The van der Waals surface area contributed by atoms with E-state index < -0.39 is 5.56 Å². The van der Waals surface area contributed by atoms with E-state index in [2.05, 4.69) is 10.3 Å². The van der Waals surface area contributed by atoms with Crippen LogP contribution in [-0.4, -0.2) is 22.0 Å². The lowest BCUT2D eigenvalue weighted by molar-refractivity contribution is 0.0956. The van der Waals surface area contributed by atoms with Gasteiger partial charge >= 0.3 is 0 Å². The van der Waals surface area contributed by atoms with Crippen molar-refractivity contribution < 1.29 is 9.90 Å². The number of fused-ring (bicyclic) bond motifs is 3. The normalized spacial score (nSPS) is 14.9. The van der Waals surface area contributed by atoms with E-state index in [9.17, 15) is 14.7 Å². The third-order valence-electron chi connectivity index (χ3n) is 3.45. The average Bonchev–Trinajstić information content (AvgIpc) is 3.05. The fourth-order valence-corrected chi connectivity index (χ4v) is 4.73. The Bertz CT molecular complexity index is 949. The van der Waals surface area contributed by atoms with Crippen molar-refractivity contribution in [3.8, 4) is 5.75 Å². The molecular weight excluding hydrogens is 310 g/mol. The molecule has 0 aromatic carbocycles. The number of hydrogen-bond acceptors (Lipinski definition) is 6. The van der Waals surface area contributed by atoms with Gasteiger partial charge in [-0.25, -0.2) is 0 Å². The topological polar surface area (TPSA) is 108 Å². The molecule has 4 rings (SSSR count). The monoisotopic (exact) mass is 321 g/mol. The Labute approximate surface area is 126 Å². The number of pyridine rings is 1. The van der Waals surface area contributed by atoms with Crippen LogP contribution in [0.2, 0.25) is 0 Å². The van der Waals surface area contributed by atoms with Gasteiger partial charge in [-0.05, 0) is 12.8 Å². The average molecular weight is 321 g/mol. The van der Waals surface area contributed by atoms with Crippen LogP contribution in [0.1, 0.15) is 22.5 Å². The van der Waals surface area contributed by atoms with Crippen LogP contribution in [0, 0.1) is 0 Å². The number of aromatic amines is 1. The maximum atomic E-state index is 12.2. The number of amides is 1. The summed E-state index contributed by atoms with van der Waals surface area (Å²) in [6.07, 6.45) is 2.02. The molecule has 0 unspecified atom stereocenters. The number of carbonyl (C=O) groups is 1. The van der Waals surface area contributed by atoms with Gasteiger partial charge in [-0.1, -0.05) is 0 Å². The molecule has 108 valence electrons. The summed E-state index contributed by atoms with van der Waals surface area (Å²) in [6.45, 7) is 0. The second kappa shape index (κ2) is 4.22. The first-order valence-electron chi connectivity index (χ1n) is 6.42. The van der Waals surface area contributed by atoms with E-state index in [1.54, 1.807) is 0 Å². The Hall–Kier alpha value is -2.06. The minimum Gasteiger partial charge on any atom is -0.506 e. The van der Waals surface area contributed by atoms with Gasteiger partial charge in [-0.2, -0.15) is 0 Å². The van der Waals surface area contributed by atoms with Crippen molar-refractivity contribution in [3.63, 3.8) is 0 Å². The van der Waals surface area contributed by atoms with Crippen LogP contribution < -0.4 is 16.6 Å². The van der Waals surface area contributed by atoms with Crippen LogP contribution in [0.5, 0.6) is 5.75 Å². The first-order chi connectivity index (χ1) is 10.0. The highest BCUT2D eigenvalue weighted by molar-refractivity contribution is 7.42. The van der Waals surface area contributed by atoms with Crippen LogP contribution >= 0.6 is 22.7 Å². The number of aromatic nitrogens is 1. The molecule has 3 aromatic heterocycles. The summed E-state index contributed by atoms with van der Waals surface area (Å²) >= 11 is 2.61. The number of nitrogen functional groups attached to an aromatic ring is 1. The third kappa shape index (κ3) is 1.90. The smallest absolute Gasteiger partial charge is 0.263 e. The van der Waals surface area contributed by atoms with Crippen LogP contribution in [0.25, 0.3) is 19.6 Å². The summed E-state index contributed by atoms with van der Waals surface area (Å²) in [6, 6.07) is 1.40. The van der Waals surface area contributed by atoms with E-state index in [1.807, 2.05) is 0 Å². The van der Waals surface area contributed by atoms with Gasteiger partial charge in [0, 0.05) is 12.1 Å². The zero-order valence-electron chi connectivity index (χ0n) is 10.7. The molecule has 0 spiro atoms. The number of anilines is 1. The van der Waals surface area contributed by atoms with Crippen LogP contribution in [0.15, 0.2) is 10.9 Å². The Morgan fingerprint density at radius 2 is 2.19 bits per heavy atom. The predicted octanol–water partition coefficient (Wildman–Crippen LogP) is 1.98. The van der Waals surface area contributed by atoms with Crippen LogP contribution in [-0.2, 0) is 0 Å². The van der Waals surface area contributed by atoms with E-state index in [4.69, 9.17) is 5.73 Å². The Morgan fingerprint density at radius 1 is 1.43 bits per heavy atom. The lowest BCUT2D eigenvalue weighted by atomic mass is 10.2. The highest BCUT2D eigenvalue weighted by Gasteiger charge is 2.27. The number of aromatic hydroxyl groups is 1. The first kappa shape index (κ1) is 12.7. The molecule has 1 saturated carbocycles. The number of thiophene rings is 2. The highest BCUT2D eigenvalue weighted by Crippen LogP contribution is 2.45. The molecule has 0 atom stereocenters. The van der Waals surface area contributed by atoms with Crippen molar-refractivity contribution >= 4 is 53.9 Å². The zero-order valence-corrected chi connectivity index (χ0v) is 12.4. The molecule has 1 aliphatic carbocycles. The van der Waals surface area contributed by atoms with E-state index in [-0.39, 0.29) is 17.7 Å². The molecule has 0 aliphatic heterocycles. The lowest BCUT2D eigenvalue weighted by Crippen LogP contribution is -2.25. The maximum Gasteiger partial charge on any atom is 0.263 e. The van der Waals surface area contributed by atoms with E-state index in [1.165, 1.54) is 22.7 Å². The number of nitrogens with one attached hydrogen (secondary N) is 2. The first-order valence-corrected chi connectivity index (χ1v) is 8.05. The molecule has 1 fully saturated rings. The summed E-state index contributed by atoms with van der Waals surface area (Å²) < 4.78 is 1.40. The molecule has 5 N–H and O–H groups in total. The van der Waals surface area contributed by atoms with Crippen molar-refractivity contribution in [2.75, 3.05) is 5.73 Å². The summed E-state index contributed by atoms with van der Waals surface area (Å²) in [5.74, 6) is -0.232. The number of H-pyrrole nitrogens is 1. The summed E-state index contributed by atoms with van der Waals surface area (Å²) in [5.41, 5.74) is 6.57. The molecule has 3 heterocycles. The van der Waals surface area contributed by atoms with Gasteiger partial charge in [-0.15, -0.1) is 22.7 Å². The lowest BCUT2D eigenvalue weighted by Gasteiger charge is -2.01. The van der Waals surface area contributed by atoms with E-state index in [0.29, 0.717) is 26.2 Å². The van der Waals surface area contributed by atoms with Crippen LogP contribution in [0.3, 0.4) is 0 Å². The standard InChI is InChI=1S/C13H11N3O3S2/c14-8-7-9-10(5(17)3-6(18)16-9)20-13(7)21-11(8)12(19)15-4-1-2-4/h3-4H,1-2,14H2,(H,15,19)(H2,16,17,18). The fraction of sp³-hybridized carbons (Fsp3) is 0.231. The largest absolute Gasteiger partial charge is 0.506 e. The molecular formula is C13H11N3O3S2. The fourth-order valence-electron chi connectivity index (χ4n) is 2.28. The molecule has 0 radical (unpaired) electrons. The summed E-state index contributed by atoms with van der Waals surface area (Å²) in [4.78, 5) is 26.8. The molecule has 21 heavy (non-hydrogen) atoms. The second-order valence-corrected chi connectivity index (χ2v) is 7.38. The highest BCUT2D eigenvalue weighted by atomic mass is 32.2. The Kier molecular flexibility index (Phi) is 2.54. The zero-order chi connectivity index (χ0) is 14.7. The van der Waals surface area contributed by atoms with E-state index >= 15 is 0 Å². The maximum absolute atomic E-state index is 12.2. The van der Waals surface area contributed by atoms with Gasteiger partial charge in [-0.3, -0.25) is 9.59 Å². The molecule has 3 aromatic rings. The van der Waals surface area contributed by atoms with Crippen molar-refractivity contribution in [1.82, 2.24) is 10.3 Å². The minimum atomic E-state index is -0.394. The predicted molar refractivity (Wildman–Crippen MR) is 84.4 cm³/mol. The molecule has 1 amide bonds. The second-order valence-electron chi connectivity index (χ2n) is 5.08. The van der Waals surface area contributed by atoms with Crippen molar-refractivity contribution in [2.45, 2.75) is 18.9 Å². The molecule has 1 aliphatic rings. The van der Waals surface area contributed by atoms with Gasteiger partial charge in [0.05, 0.1) is 25.3 Å². The van der Waals surface area contributed by atoms with Gasteiger partial charge < -0.3 is 21.1 Å².